The number of nitrogens with two attached hydrogens (primary N) is 1. The van der Waals surface area contributed by atoms with Crippen LogP contribution in [0.15, 0.2) is 0 Å². The molecule has 1 heterocycles. The van der Waals surface area contributed by atoms with Gasteiger partial charge in [0.25, 0.3) is 0 Å². The van der Waals surface area contributed by atoms with Crippen LogP contribution in [0.1, 0.15) is 45.4 Å². The summed E-state index contributed by atoms with van der Waals surface area (Å²) in [6.45, 7) is 1.71. The zero-order chi connectivity index (χ0) is 12.6. The number of hydrogen-bond acceptors (Lipinski definition) is 3. The van der Waals surface area contributed by atoms with Crippen LogP contribution >= 0.6 is 12.2 Å². The number of imide groups is 1. The van der Waals surface area contributed by atoms with Crippen LogP contribution in [0.5, 0.6) is 0 Å². The van der Waals surface area contributed by atoms with Gasteiger partial charge in [0.05, 0.1) is 11.0 Å². The van der Waals surface area contributed by atoms with E-state index in [0.717, 1.165) is 25.7 Å². The molecule has 2 N–H and O–H groups in total. The van der Waals surface area contributed by atoms with Gasteiger partial charge in [-0.15, -0.1) is 0 Å². The number of nitrogens with zero attached hydrogens (tertiary/aromatic N) is 1. The first-order valence-corrected chi connectivity index (χ1v) is 6.50. The summed E-state index contributed by atoms with van der Waals surface area (Å²) in [5, 5.41) is 0. The summed E-state index contributed by atoms with van der Waals surface area (Å²) in [7, 11) is 0. The number of thiocarbonyl (C=S) groups is 1. The van der Waals surface area contributed by atoms with Crippen LogP contribution < -0.4 is 5.73 Å². The first-order chi connectivity index (χ1) is 7.95. The summed E-state index contributed by atoms with van der Waals surface area (Å²) in [5.74, 6) is -0.216. The fourth-order valence-corrected chi connectivity index (χ4v) is 3.16. The highest BCUT2D eigenvalue weighted by Gasteiger charge is 2.46. The standard InChI is InChI=1S/C12H18N2O2S/c1-8(11(13)17)14-9(15)6-12(7-10(14)16)4-2-3-5-12/h8H,2-7H2,1H3,(H2,13,17). The summed E-state index contributed by atoms with van der Waals surface area (Å²) in [6, 6.07) is -0.455. The second-order valence-corrected chi connectivity index (χ2v) is 5.77. The highest BCUT2D eigenvalue weighted by atomic mass is 32.1. The van der Waals surface area contributed by atoms with E-state index in [1.54, 1.807) is 6.92 Å². The van der Waals surface area contributed by atoms with Gasteiger partial charge >= 0.3 is 0 Å². The smallest absolute Gasteiger partial charge is 0.230 e. The van der Waals surface area contributed by atoms with E-state index >= 15 is 0 Å². The van der Waals surface area contributed by atoms with E-state index < -0.39 is 6.04 Å². The third kappa shape index (κ3) is 2.20. The average molecular weight is 254 g/mol. The van der Waals surface area contributed by atoms with Crippen LogP contribution in [-0.4, -0.2) is 27.7 Å². The Bertz CT molecular complexity index is 355. The molecule has 5 heteroatoms. The Hall–Kier alpha value is -0.970. The molecule has 1 saturated heterocycles. The van der Waals surface area contributed by atoms with Gasteiger partial charge in [0.2, 0.25) is 11.8 Å². The van der Waals surface area contributed by atoms with Gasteiger partial charge < -0.3 is 5.73 Å². The Balaban J connectivity index is 2.16. The summed E-state index contributed by atoms with van der Waals surface area (Å²) >= 11 is 4.86. The molecule has 0 aromatic heterocycles. The van der Waals surface area contributed by atoms with E-state index in [4.69, 9.17) is 18.0 Å². The minimum absolute atomic E-state index is 0.0550. The highest BCUT2D eigenvalue weighted by Crippen LogP contribution is 2.47. The lowest BCUT2D eigenvalue weighted by atomic mass is 9.76. The van der Waals surface area contributed by atoms with Crippen molar-refractivity contribution in [2.45, 2.75) is 51.5 Å². The lowest BCUT2D eigenvalue weighted by Gasteiger charge is -2.39. The van der Waals surface area contributed by atoms with Crippen molar-refractivity contribution in [1.29, 1.82) is 0 Å². The lowest BCUT2D eigenvalue weighted by molar-refractivity contribution is -0.154. The molecule has 17 heavy (non-hydrogen) atoms. The molecule has 1 aliphatic heterocycles. The normalized spacial score (nSPS) is 25.4. The van der Waals surface area contributed by atoms with Crippen molar-refractivity contribution < 1.29 is 9.59 Å². The molecule has 0 bridgehead atoms. The van der Waals surface area contributed by atoms with Gasteiger partial charge in [0, 0.05) is 12.8 Å². The number of carbonyl (C=O) groups is 2. The van der Waals surface area contributed by atoms with Crippen LogP contribution in [0, 0.1) is 5.41 Å². The second-order valence-electron chi connectivity index (χ2n) is 5.30. The summed E-state index contributed by atoms with van der Waals surface area (Å²) < 4.78 is 0. The van der Waals surface area contributed by atoms with Crippen molar-refractivity contribution in [2.75, 3.05) is 0 Å². The van der Waals surface area contributed by atoms with Gasteiger partial charge in [0.1, 0.15) is 0 Å². The zero-order valence-corrected chi connectivity index (χ0v) is 10.9. The molecule has 0 aromatic rings. The maximum atomic E-state index is 12.1. The lowest BCUT2D eigenvalue weighted by Crippen LogP contribution is -2.54. The monoisotopic (exact) mass is 254 g/mol. The number of amides is 2. The van der Waals surface area contributed by atoms with Gasteiger partial charge in [-0.1, -0.05) is 25.1 Å². The number of hydrogen-bond donors (Lipinski definition) is 1. The van der Waals surface area contributed by atoms with E-state index in [1.807, 2.05) is 0 Å². The van der Waals surface area contributed by atoms with Crippen LogP contribution in [0.3, 0.4) is 0 Å². The van der Waals surface area contributed by atoms with Crippen molar-refractivity contribution in [1.82, 2.24) is 4.90 Å². The maximum Gasteiger partial charge on any atom is 0.230 e. The Labute approximate surface area is 107 Å². The van der Waals surface area contributed by atoms with Gasteiger partial charge in [-0.2, -0.15) is 0 Å². The summed E-state index contributed by atoms with van der Waals surface area (Å²) in [5.41, 5.74) is 5.47. The average Bonchev–Trinajstić information content (AvgIpc) is 2.64. The number of likely N-dealkylation sites (tertiary alicyclic amines) is 1. The fourth-order valence-electron chi connectivity index (χ4n) is 3.05. The SMILES string of the molecule is CC(C(N)=S)N1C(=O)CC2(CCCC2)CC1=O. The molecule has 2 fully saturated rings. The van der Waals surface area contributed by atoms with Crippen molar-refractivity contribution in [3.63, 3.8) is 0 Å². The number of carbonyl (C=O) groups excluding carboxylic acids is 2. The van der Waals surface area contributed by atoms with Crippen LogP contribution in [0.4, 0.5) is 0 Å². The molecule has 1 aliphatic carbocycles. The molecule has 1 saturated carbocycles. The van der Waals surface area contributed by atoms with E-state index in [0.29, 0.717) is 12.8 Å². The fraction of sp³-hybridized carbons (Fsp3) is 0.750. The quantitative estimate of drug-likeness (QED) is 0.597. The van der Waals surface area contributed by atoms with E-state index in [1.165, 1.54) is 4.90 Å². The Morgan fingerprint density at radius 2 is 1.76 bits per heavy atom. The maximum absolute atomic E-state index is 12.1. The van der Waals surface area contributed by atoms with Crippen LogP contribution in [0.25, 0.3) is 0 Å². The van der Waals surface area contributed by atoms with Crippen molar-refractivity contribution in [3.05, 3.63) is 0 Å². The predicted octanol–water partition coefficient (Wildman–Crippen LogP) is 1.37. The van der Waals surface area contributed by atoms with E-state index in [2.05, 4.69) is 0 Å². The summed E-state index contributed by atoms with van der Waals surface area (Å²) in [4.78, 5) is 25.7. The third-order valence-electron chi connectivity index (χ3n) is 4.05. The second kappa shape index (κ2) is 4.37. The molecule has 2 aliphatic rings. The minimum Gasteiger partial charge on any atom is -0.392 e. The Morgan fingerprint density at radius 1 is 1.29 bits per heavy atom. The molecule has 94 valence electrons. The minimum atomic E-state index is -0.455. The molecule has 1 spiro atoms. The molecule has 1 atom stereocenters. The molecule has 2 rings (SSSR count). The van der Waals surface area contributed by atoms with Gasteiger partial charge in [0.15, 0.2) is 0 Å². The number of rotatable bonds is 2. The van der Waals surface area contributed by atoms with Gasteiger partial charge in [-0.3, -0.25) is 14.5 Å². The molecule has 4 nitrogen and oxygen atoms in total. The Kier molecular flexibility index (Phi) is 3.21. The van der Waals surface area contributed by atoms with Crippen molar-refractivity contribution in [2.24, 2.45) is 11.1 Å². The van der Waals surface area contributed by atoms with E-state index in [9.17, 15) is 9.59 Å². The largest absolute Gasteiger partial charge is 0.392 e. The molecular formula is C12H18N2O2S. The van der Waals surface area contributed by atoms with Gasteiger partial charge in [-0.25, -0.2) is 0 Å². The van der Waals surface area contributed by atoms with Crippen LogP contribution in [-0.2, 0) is 9.59 Å². The van der Waals surface area contributed by atoms with Crippen molar-refractivity contribution >= 4 is 29.0 Å². The third-order valence-corrected chi connectivity index (χ3v) is 4.39. The molecule has 2 amide bonds. The molecule has 0 aromatic carbocycles. The van der Waals surface area contributed by atoms with Crippen molar-refractivity contribution in [3.8, 4) is 0 Å². The highest BCUT2D eigenvalue weighted by molar-refractivity contribution is 7.80. The van der Waals surface area contributed by atoms with Crippen LogP contribution in [0.2, 0.25) is 0 Å². The predicted molar refractivity (Wildman–Crippen MR) is 68.2 cm³/mol. The first kappa shape index (κ1) is 12.5. The molecule has 1 unspecified atom stereocenters. The van der Waals surface area contributed by atoms with Gasteiger partial charge in [-0.05, 0) is 25.2 Å². The zero-order valence-electron chi connectivity index (χ0n) is 10.1. The Morgan fingerprint density at radius 3 is 2.18 bits per heavy atom. The first-order valence-electron chi connectivity index (χ1n) is 6.09. The topological polar surface area (TPSA) is 63.4 Å². The molecule has 0 radical (unpaired) electrons. The summed E-state index contributed by atoms with van der Waals surface area (Å²) in [6.07, 6.45) is 5.22. The number of piperidine rings is 1. The van der Waals surface area contributed by atoms with E-state index in [-0.39, 0.29) is 22.2 Å². The molecular weight excluding hydrogens is 236 g/mol.